The van der Waals surface area contributed by atoms with Crippen molar-refractivity contribution in [3.05, 3.63) is 23.4 Å². The van der Waals surface area contributed by atoms with E-state index in [1.54, 1.807) is 0 Å². The van der Waals surface area contributed by atoms with E-state index < -0.39 is 0 Å². The maximum Gasteiger partial charge on any atom is 0.0407 e. The van der Waals surface area contributed by atoms with Crippen LogP contribution < -0.4 is 0 Å². The molecule has 0 saturated carbocycles. The third-order valence-corrected chi connectivity index (χ3v) is 2.56. The van der Waals surface area contributed by atoms with Crippen molar-refractivity contribution in [1.29, 1.82) is 0 Å². The van der Waals surface area contributed by atoms with Gasteiger partial charge in [-0.05, 0) is 39.8 Å². The van der Waals surface area contributed by atoms with Gasteiger partial charge in [0.05, 0.1) is 0 Å². The van der Waals surface area contributed by atoms with Crippen molar-refractivity contribution < 1.29 is 0 Å². The molecule has 0 atom stereocenters. The van der Waals surface area contributed by atoms with E-state index in [2.05, 4.69) is 37.4 Å². The first-order valence-electron chi connectivity index (χ1n) is 5.09. The zero-order valence-electron chi connectivity index (χ0n) is 9.72. The molecule has 0 unspecified atom stereocenters. The van der Waals surface area contributed by atoms with E-state index in [0.29, 0.717) is 0 Å². The zero-order valence-corrected chi connectivity index (χ0v) is 9.72. The third-order valence-electron chi connectivity index (χ3n) is 2.56. The Morgan fingerprint density at radius 2 is 2.07 bits per heavy atom. The molecule has 0 spiro atoms. The summed E-state index contributed by atoms with van der Waals surface area (Å²) in [6, 6.07) is 0. The molecule has 1 heterocycles. The van der Waals surface area contributed by atoms with E-state index in [9.17, 15) is 0 Å². The average molecular weight is 192 g/mol. The second-order valence-electron chi connectivity index (χ2n) is 4.18. The van der Waals surface area contributed by atoms with Crippen LogP contribution in [-0.2, 0) is 0 Å². The summed E-state index contributed by atoms with van der Waals surface area (Å²) >= 11 is 0. The molecule has 0 aromatic carbocycles. The maximum absolute atomic E-state index is 4.42. The number of aliphatic imine (C=N–C) groups is 1. The Balaban J connectivity index is 2.87. The molecule has 1 rings (SSSR count). The van der Waals surface area contributed by atoms with Gasteiger partial charge in [0.2, 0.25) is 0 Å². The summed E-state index contributed by atoms with van der Waals surface area (Å²) in [5, 5.41) is 0. The molecule has 0 bridgehead atoms. The fourth-order valence-electron chi connectivity index (χ4n) is 1.94. The highest BCUT2D eigenvalue weighted by atomic mass is 15.1. The molecular formula is C12H20N2. The van der Waals surface area contributed by atoms with Crippen LogP contribution in [0.25, 0.3) is 0 Å². The van der Waals surface area contributed by atoms with Crippen LogP contribution >= 0.6 is 0 Å². The molecule has 0 amide bonds. The van der Waals surface area contributed by atoms with E-state index in [-0.39, 0.29) is 0 Å². The topological polar surface area (TPSA) is 15.6 Å². The van der Waals surface area contributed by atoms with E-state index in [4.69, 9.17) is 0 Å². The van der Waals surface area contributed by atoms with Crippen molar-refractivity contribution in [2.45, 2.75) is 27.2 Å². The predicted octanol–water partition coefficient (Wildman–Crippen LogP) is 2.63. The van der Waals surface area contributed by atoms with E-state index >= 15 is 0 Å². The number of nitrogens with zero attached hydrogens (tertiary/aromatic N) is 2. The van der Waals surface area contributed by atoms with Crippen molar-refractivity contribution in [3.8, 4) is 0 Å². The monoisotopic (exact) mass is 192 g/mol. The van der Waals surface area contributed by atoms with Gasteiger partial charge in [-0.25, -0.2) is 0 Å². The highest BCUT2D eigenvalue weighted by molar-refractivity contribution is 5.99. The van der Waals surface area contributed by atoms with E-state index in [0.717, 1.165) is 30.9 Å². The normalized spacial score (nSPS) is 20.1. The summed E-state index contributed by atoms with van der Waals surface area (Å²) < 4.78 is 0. The van der Waals surface area contributed by atoms with E-state index in [1.807, 2.05) is 6.92 Å². The SMILES string of the molecule is C=C(C)N=C(C)C1=C(C)CN(C)CC1. The maximum atomic E-state index is 4.42. The van der Waals surface area contributed by atoms with Gasteiger partial charge in [0.15, 0.2) is 0 Å². The molecule has 0 aromatic heterocycles. The second kappa shape index (κ2) is 4.56. The fourth-order valence-corrected chi connectivity index (χ4v) is 1.94. The van der Waals surface area contributed by atoms with Crippen molar-refractivity contribution in [2.75, 3.05) is 20.1 Å². The van der Waals surface area contributed by atoms with Gasteiger partial charge >= 0.3 is 0 Å². The molecular weight excluding hydrogens is 172 g/mol. The third kappa shape index (κ3) is 2.81. The molecule has 1 aliphatic rings. The molecule has 0 aliphatic carbocycles. The minimum Gasteiger partial charge on any atom is -0.302 e. The Morgan fingerprint density at radius 1 is 1.43 bits per heavy atom. The van der Waals surface area contributed by atoms with Crippen LogP contribution in [0.1, 0.15) is 27.2 Å². The Hall–Kier alpha value is -0.890. The number of hydrogen-bond acceptors (Lipinski definition) is 2. The molecule has 0 fully saturated rings. The minimum absolute atomic E-state index is 0.890. The lowest BCUT2D eigenvalue weighted by Gasteiger charge is -2.26. The smallest absolute Gasteiger partial charge is 0.0407 e. The Bertz CT molecular complexity index is 297. The minimum atomic E-state index is 0.890. The number of allylic oxidation sites excluding steroid dienone is 1. The predicted molar refractivity (Wildman–Crippen MR) is 62.7 cm³/mol. The Kier molecular flexibility index (Phi) is 3.64. The van der Waals surface area contributed by atoms with Crippen LogP contribution in [0.5, 0.6) is 0 Å². The highest BCUT2D eigenvalue weighted by Gasteiger charge is 2.14. The molecule has 0 saturated heterocycles. The average Bonchev–Trinajstić information content (AvgIpc) is 2.01. The molecule has 14 heavy (non-hydrogen) atoms. The quantitative estimate of drug-likeness (QED) is 0.614. The van der Waals surface area contributed by atoms with Gasteiger partial charge in [0.1, 0.15) is 0 Å². The van der Waals surface area contributed by atoms with Crippen LogP contribution in [0.15, 0.2) is 28.4 Å². The standard InChI is InChI=1S/C12H20N2/c1-9(2)13-11(4)12-6-7-14(5)8-10(12)3/h1,6-8H2,2-5H3. The summed E-state index contributed by atoms with van der Waals surface area (Å²) in [7, 11) is 2.16. The van der Waals surface area contributed by atoms with Gasteiger partial charge in [0.25, 0.3) is 0 Å². The largest absolute Gasteiger partial charge is 0.302 e. The Morgan fingerprint density at radius 3 is 2.57 bits per heavy atom. The van der Waals surface area contributed by atoms with Crippen LogP contribution in [0.2, 0.25) is 0 Å². The van der Waals surface area contributed by atoms with Crippen LogP contribution in [0, 0.1) is 0 Å². The van der Waals surface area contributed by atoms with Gasteiger partial charge in [-0.2, -0.15) is 0 Å². The molecule has 1 aliphatic heterocycles. The lowest BCUT2D eigenvalue weighted by atomic mass is 9.98. The molecule has 0 N–H and O–H groups in total. The number of likely N-dealkylation sites (N-methyl/N-ethyl adjacent to an activating group) is 1. The van der Waals surface area contributed by atoms with Gasteiger partial charge in [-0.1, -0.05) is 12.2 Å². The number of rotatable bonds is 2. The van der Waals surface area contributed by atoms with Gasteiger partial charge in [-0.15, -0.1) is 0 Å². The van der Waals surface area contributed by atoms with E-state index in [1.165, 1.54) is 11.1 Å². The summed E-state index contributed by atoms with van der Waals surface area (Å²) in [6.07, 6.45) is 1.12. The molecule has 0 aromatic rings. The summed E-state index contributed by atoms with van der Waals surface area (Å²) in [4.78, 5) is 6.76. The van der Waals surface area contributed by atoms with Gasteiger partial charge < -0.3 is 4.90 Å². The molecule has 0 radical (unpaired) electrons. The second-order valence-corrected chi connectivity index (χ2v) is 4.18. The van der Waals surface area contributed by atoms with Crippen LogP contribution in [0.4, 0.5) is 0 Å². The lowest BCUT2D eigenvalue weighted by Crippen LogP contribution is -2.28. The summed E-state index contributed by atoms with van der Waals surface area (Å²) in [6.45, 7) is 12.2. The fraction of sp³-hybridized carbons (Fsp3) is 0.583. The van der Waals surface area contributed by atoms with Gasteiger partial charge in [-0.3, -0.25) is 4.99 Å². The first-order valence-corrected chi connectivity index (χ1v) is 5.09. The molecule has 78 valence electrons. The lowest BCUT2D eigenvalue weighted by molar-refractivity contribution is 0.351. The van der Waals surface area contributed by atoms with Crippen LogP contribution in [0.3, 0.4) is 0 Å². The first kappa shape index (κ1) is 11.2. The van der Waals surface area contributed by atoms with Crippen molar-refractivity contribution in [2.24, 2.45) is 4.99 Å². The zero-order chi connectivity index (χ0) is 10.7. The van der Waals surface area contributed by atoms with Crippen molar-refractivity contribution in [1.82, 2.24) is 4.90 Å². The van der Waals surface area contributed by atoms with Crippen molar-refractivity contribution >= 4 is 5.71 Å². The van der Waals surface area contributed by atoms with Crippen LogP contribution in [-0.4, -0.2) is 30.7 Å². The van der Waals surface area contributed by atoms with Gasteiger partial charge in [0, 0.05) is 24.5 Å². The summed E-state index contributed by atoms with van der Waals surface area (Å²) in [5.74, 6) is 0. The van der Waals surface area contributed by atoms with Crippen molar-refractivity contribution in [3.63, 3.8) is 0 Å². The molecule has 2 heteroatoms. The highest BCUT2D eigenvalue weighted by Crippen LogP contribution is 2.18. The Labute approximate surface area is 87.0 Å². The first-order chi connectivity index (χ1) is 6.50. The number of hydrogen-bond donors (Lipinski definition) is 0. The summed E-state index contributed by atoms with van der Waals surface area (Å²) in [5.41, 5.74) is 4.90. The molecule has 2 nitrogen and oxygen atoms in total.